The number of amides is 1. The minimum atomic E-state index is -0.107. The van der Waals surface area contributed by atoms with Gasteiger partial charge in [0.1, 0.15) is 5.69 Å². The number of carbonyl (C=O) groups excluding carboxylic acids is 1. The molecule has 8 nitrogen and oxygen atoms in total. The van der Waals surface area contributed by atoms with Crippen molar-refractivity contribution in [1.29, 1.82) is 0 Å². The predicted molar refractivity (Wildman–Crippen MR) is 141 cm³/mol. The third-order valence-electron chi connectivity index (χ3n) is 6.18. The number of fused-ring (bicyclic) bond motifs is 2. The van der Waals surface area contributed by atoms with Gasteiger partial charge in [-0.2, -0.15) is 5.10 Å². The summed E-state index contributed by atoms with van der Waals surface area (Å²) in [5.74, 6) is -0.148. The van der Waals surface area contributed by atoms with Gasteiger partial charge in [-0.3, -0.25) is 24.8 Å². The molecule has 0 bridgehead atoms. The topological polar surface area (TPSA) is 112 Å². The number of pyridine rings is 3. The first kappa shape index (κ1) is 21.7. The van der Waals surface area contributed by atoms with E-state index in [1.165, 1.54) is 0 Å². The summed E-state index contributed by atoms with van der Waals surface area (Å²) in [6.45, 7) is 3.72. The summed E-state index contributed by atoms with van der Waals surface area (Å²) in [4.78, 5) is 28.7. The minimum absolute atomic E-state index is 0.0408. The summed E-state index contributed by atoms with van der Waals surface area (Å²) in [5.41, 5.74) is 8.09. The Balaban J connectivity index is 1.41. The summed E-state index contributed by atoms with van der Waals surface area (Å²) in [6, 6.07) is 16.0. The zero-order chi connectivity index (χ0) is 24.6. The normalized spacial score (nSPS) is 11.4. The van der Waals surface area contributed by atoms with Crippen LogP contribution in [0.15, 0.2) is 79.5 Å². The lowest BCUT2D eigenvalue weighted by Crippen LogP contribution is -2.17. The summed E-state index contributed by atoms with van der Waals surface area (Å²) in [7, 11) is 0. The molecule has 36 heavy (non-hydrogen) atoms. The number of H-pyrrole nitrogens is 2. The second-order valence-corrected chi connectivity index (χ2v) is 8.98. The molecule has 0 unspecified atom stereocenters. The van der Waals surface area contributed by atoms with Crippen molar-refractivity contribution in [3.8, 4) is 33.8 Å². The van der Waals surface area contributed by atoms with Gasteiger partial charge in [0.25, 0.3) is 0 Å². The molecule has 0 aliphatic heterocycles. The van der Waals surface area contributed by atoms with Crippen molar-refractivity contribution in [2.75, 3.05) is 5.32 Å². The smallest absolute Gasteiger partial charge is 0.226 e. The van der Waals surface area contributed by atoms with Crippen molar-refractivity contribution >= 4 is 33.4 Å². The highest BCUT2D eigenvalue weighted by Gasteiger charge is 2.15. The zero-order valence-corrected chi connectivity index (χ0v) is 19.8. The van der Waals surface area contributed by atoms with Gasteiger partial charge in [-0.05, 0) is 48.0 Å². The molecule has 0 atom stereocenters. The third-order valence-corrected chi connectivity index (χ3v) is 6.18. The molecule has 0 saturated carbocycles. The van der Waals surface area contributed by atoms with Crippen LogP contribution in [0.5, 0.6) is 0 Å². The maximum absolute atomic E-state index is 12.1. The van der Waals surface area contributed by atoms with E-state index in [1.807, 2.05) is 50.2 Å². The number of aromatic nitrogens is 6. The monoisotopic (exact) mass is 473 g/mol. The number of rotatable bonds is 5. The molecule has 8 heteroatoms. The fraction of sp³-hybridized carbons (Fsp3) is 0.107. The van der Waals surface area contributed by atoms with Crippen LogP contribution in [-0.2, 0) is 4.79 Å². The van der Waals surface area contributed by atoms with Gasteiger partial charge in [0.05, 0.1) is 28.8 Å². The van der Waals surface area contributed by atoms with Crippen molar-refractivity contribution < 1.29 is 4.79 Å². The van der Waals surface area contributed by atoms with Crippen LogP contribution in [0.4, 0.5) is 5.69 Å². The van der Waals surface area contributed by atoms with Crippen LogP contribution in [0.1, 0.15) is 13.8 Å². The molecule has 0 fully saturated rings. The highest BCUT2D eigenvalue weighted by molar-refractivity contribution is 6.01. The number of benzene rings is 1. The first-order valence-electron chi connectivity index (χ1n) is 11.7. The van der Waals surface area contributed by atoms with E-state index in [-0.39, 0.29) is 11.8 Å². The molecule has 0 radical (unpaired) electrons. The number of nitrogens with zero attached hydrogens (tertiary/aromatic N) is 4. The van der Waals surface area contributed by atoms with E-state index >= 15 is 0 Å². The maximum Gasteiger partial charge on any atom is 0.226 e. The maximum atomic E-state index is 12.1. The lowest BCUT2D eigenvalue weighted by Gasteiger charge is -2.09. The van der Waals surface area contributed by atoms with Gasteiger partial charge in [-0.15, -0.1) is 0 Å². The number of hydrogen-bond acceptors (Lipinski definition) is 5. The minimum Gasteiger partial charge on any atom is -0.353 e. The Kier molecular flexibility index (Phi) is 5.26. The lowest BCUT2D eigenvalue weighted by molar-refractivity contribution is -0.118. The standard InChI is InChI=1S/C28H23N7O/c1-16(2)28(36)32-20-11-19(14-30-15-20)18-3-4-24-21(12-18)27(35-34-24)25-13-22-23(33-25)7-10-31-26(22)17-5-8-29-9-6-17/h3-16,33H,1-2H3,(H,32,36)(H,34,35). The molecule has 5 heterocycles. The Bertz CT molecular complexity index is 1720. The lowest BCUT2D eigenvalue weighted by atomic mass is 10.0. The Morgan fingerprint density at radius 3 is 2.47 bits per heavy atom. The van der Waals surface area contributed by atoms with Gasteiger partial charge in [0.2, 0.25) is 5.91 Å². The first-order chi connectivity index (χ1) is 17.6. The number of aromatic amines is 2. The summed E-state index contributed by atoms with van der Waals surface area (Å²) >= 11 is 0. The van der Waals surface area contributed by atoms with E-state index < -0.39 is 0 Å². The van der Waals surface area contributed by atoms with Crippen LogP contribution < -0.4 is 5.32 Å². The van der Waals surface area contributed by atoms with Crippen molar-refractivity contribution in [2.45, 2.75) is 13.8 Å². The molecule has 0 spiro atoms. The van der Waals surface area contributed by atoms with Gasteiger partial charge in [-0.1, -0.05) is 19.9 Å². The van der Waals surface area contributed by atoms with Crippen LogP contribution in [-0.4, -0.2) is 36.0 Å². The van der Waals surface area contributed by atoms with Crippen molar-refractivity contribution in [3.63, 3.8) is 0 Å². The SMILES string of the molecule is CC(C)C(=O)Nc1cncc(-c2ccc3[nH]nc(-c4cc5c(-c6ccncc6)nccc5[nH]4)c3c2)c1. The highest BCUT2D eigenvalue weighted by Crippen LogP contribution is 2.34. The van der Waals surface area contributed by atoms with Crippen LogP contribution in [0, 0.1) is 5.92 Å². The second-order valence-electron chi connectivity index (χ2n) is 8.98. The van der Waals surface area contributed by atoms with Crippen molar-refractivity contribution in [3.05, 3.63) is 79.5 Å². The molecule has 5 aromatic heterocycles. The number of hydrogen-bond donors (Lipinski definition) is 3. The number of carbonyl (C=O) groups is 1. The van der Waals surface area contributed by atoms with Crippen LogP contribution in [0.25, 0.3) is 55.6 Å². The summed E-state index contributed by atoms with van der Waals surface area (Å²) in [6.07, 6.45) is 8.79. The first-order valence-corrected chi connectivity index (χ1v) is 11.7. The molecule has 0 aliphatic carbocycles. The second kappa shape index (κ2) is 8.74. The van der Waals surface area contributed by atoms with Gasteiger partial charge < -0.3 is 10.3 Å². The van der Waals surface area contributed by atoms with Gasteiger partial charge >= 0.3 is 0 Å². The number of nitrogens with one attached hydrogen (secondary N) is 3. The van der Waals surface area contributed by atoms with E-state index in [4.69, 9.17) is 0 Å². The quantitative estimate of drug-likeness (QED) is 0.292. The van der Waals surface area contributed by atoms with E-state index in [0.29, 0.717) is 5.69 Å². The molecule has 176 valence electrons. The van der Waals surface area contributed by atoms with E-state index in [2.05, 4.69) is 47.6 Å². The summed E-state index contributed by atoms with van der Waals surface area (Å²) < 4.78 is 0. The molecule has 0 saturated heterocycles. The van der Waals surface area contributed by atoms with Gasteiger partial charge in [-0.25, -0.2) is 0 Å². The van der Waals surface area contributed by atoms with Crippen LogP contribution >= 0.6 is 0 Å². The predicted octanol–water partition coefficient (Wildman–Crippen LogP) is 5.82. The van der Waals surface area contributed by atoms with Crippen molar-refractivity contribution in [1.82, 2.24) is 30.1 Å². The molecule has 6 aromatic rings. The fourth-order valence-corrected chi connectivity index (χ4v) is 4.27. The average molecular weight is 474 g/mol. The highest BCUT2D eigenvalue weighted by atomic mass is 16.1. The molecule has 1 amide bonds. The molecular formula is C28H23N7O. The van der Waals surface area contributed by atoms with E-state index in [1.54, 1.807) is 31.0 Å². The molecule has 0 aliphatic rings. The average Bonchev–Trinajstić information content (AvgIpc) is 3.53. The van der Waals surface area contributed by atoms with Crippen LogP contribution in [0.2, 0.25) is 0 Å². The molecule has 6 rings (SSSR count). The molecular weight excluding hydrogens is 450 g/mol. The molecule has 3 N–H and O–H groups in total. The van der Waals surface area contributed by atoms with Gasteiger partial charge in [0, 0.05) is 58.1 Å². The van der Waals surface area contributed by atoms with E-state index in [0.717, 1.165) is 55.6 Å². The van der Waals surface area contributed by atoms with E-state index in [9.17, 15) is 4.79 Å². The Labute approximate surface area is 206 Å². The fourth-order valence-electron chi connectivity index (χ4n) is 4.27. The van der Waals surface area contributed by atoms with Crippen molar-refractivity contribution in [2.24, 2.45) is 5.92 Å². The Hall–Kier alpha value is -4.85. The molecule has 1 aromatic carbocycles. The Morgan fingerprint density at radius 2 is 1.64 bits per heavy atom. The van der Waals surface area contributed by atoms with Gasteiger partial charge in [0.15, 0.2) is 0 Å². The zero-order valence-electron chi connectivity index (χ0n) is 19.8. The largest absolute Gasteiger partial charge is 0.353 e. The number of anilines is 1. The third kappa shape index (κ3) is 3.88. The summed E-state index contributed by atoms with van der Waals surface area (Å²) in [5, 5.41) is 12.7. The van der Waals surface area contributed by atoms with Crippen LogP contribution in [0.3, 0.4) is 0 Å². The Morgan fingerprint density at radius 1 is 0.806 bits per heavy atom.